The van der Waals surface area contributed by atoms with E-state index in [1.807, 2.05) is 6.07 Å². The number of nitrogens with one attached hydrogen (secondary N) is 2. The Morgan fingerprint density at radius 1 is 1.33 bits per heavy atom. The van der Waals surface area contributed by atoms with Crippen molar-refractivity contribution in [3.8, 4) is 0 Å². The third kappa shape index (κ3) is 5.11. The Bertz CT molecular complexity index is 436. The lowest BCUT2D eigenvalue weighted by Crippen LogP contribution is -2.41. The summed E-state index contributed by atoms with van der Waals surface area (Å²) in [4.78, 5) is 0. The van der Waals surface area contributed by atoms with E-state index in [1.54, 1.807) is 24.3 Å². The normalized spacial score (nSPS) is 13.4. The molecule has 0 amide bonds. The molecule has 0 aromatic heterocycles. The topological polar surface area (TPSA) is 87.7 Å². The first-order valence-corrected chi connectivity index (χ1v) is 6.99. The van der Waals surface area contributed by atoms with E-state index in [9.17, 15) is 13.5 Å². The fourth-order valence-electron chi connectivity index (χ4n) is 1.40. The monoisotopic (exact) mass is 274 g/mol. The van der Waals surface area contributed by atoms with Crippen LogP contribution in [-0.2, 0) is 14.9 Å². The van der Waals surface area contributed by atoms with Crippen LogP contribution in [0.3, 0.4) is 0 Å². The molecule has 0 aliphatic carbocycles. The van der Waals surface area contributed by atoms with Crippen LogP contribution in [0.25, 0.3) is 0 Å². The van der Waals surface area contributed by atoms with E-state index < -0.39 is 16.3 Å². The van der Waals surface area contributed by atoms with E-state index in [0.717, 1.165) is 0 Å². The van der Waals surface area contributed by atoms with Gasteiger partial charge in [0.1, 0.15) is 0 Å². The van der Waals surface area contributed by atoms with Crippen molar-refractivity contribution in [1.29, 1.82) is 0 Å². The van der Waals surface area contributed by atoms with Gasteiger partial charge in [-0.15, -0.1) is 0 Å². The maximum atomic E-state index is 11.7. The van der Waals surface area contributed by atoms with Gasteiger partial charge in [0.15, 0.2) is 0 Å². The summed E-state index contributed by atoms with van der Waals surface area (Å²) >= 11 is 0. The zero-order valence-corrected chi connectivity index (χ0v) is 11.0. The van der Waals surface area contributed by atoms with E-state index in [2.05, 4.69) is 9.44 Å². The average molecular weight is 274 g/mol. The molecule has 0 aliphatic heterocycles. The Morgan fingerprint density at radius 2 is 2.00 bits per heavy atom. The van der Waals surface area contributed by atoms with Crippen molar-refractivity contribution in [1.82, 2.24) is 9.44 Å². The Hall–Kier alpha value is -0.990. The van der Waals surface area contributed by atoms with Gasteiger partial charge in [-0.3, -0.25) is 0 Å². The third-order valence-electron chi connectivity index (χ3n) is 2.28. The van der Waals surface area contributed by atoms with Crippen molar-refractivity contribution in [3.63, 3.8) is 0 Å². The van der Waals surface area contributed by atoms with Crippen LogP contribution >= 0.6 is 0 Å². The molecule has 0 heterocycles. The van der Waals surface area contributed by atoms with E-state index >= 15 is 0 Å². The molecule has 1 aromatic carbocycles. The smallest absolute Gasteiger partial charge is 0.277 e. The predicted molar refractivity (Wildman–Crippen MR) is 68.2 cm³/mol. The van der Waals surface area contributed by atoms with Gasteiger partial charge in [-0.25, -0.2) is 0 Å². The summed E-state index contributed by atoms with van der Waals surface area (Å²) in [6.45, 7) is 0.157. The van der Waals surface area contributed by atoms with Crippen LogP contribution in [0.2, 0.25) is 0 Å². The average Bonchev–Trinajstić information content (AvgIpc) is 2.37. The van der Waals surface area contributed by atoms with Crippen LogP contribution < -0.4 is 9.44 Å². The highest BCUT2D eigenvalue weighted by Crippen LogP contribution is 2.12. The van der Waals surface area contributed by atoms with Gasteiger partial charge >= 0.3 is 0 Å². The maximum Gasteiger partial charge on any atom is 0.277 e. The number of hydrogen-bond acceptors (Lipinski definition) is 4. The Kier molecular flexibility index (Phi) is 6.23. The first-order chi connectivity index (χ1) is 8.59. The van der Waals surface area contributed by atoms with Gasteiger partial charge in [-0.05, 0) is 5.56 Å². The molecule has 0 spiro atoms. The number of hydrogen-bond donors (Lipinski definition) is 3. The molecule has 0 saturated heterocycles. The first kappa shape index (κ1) is 15.1. The molecule has 0 aliphatic rings. The predicted octanol–water partition coefficient (Wildman–Crippen LogP) is -0.210. The summed E-state index contributed by atoms with van der Waals surface area (Å²) in [6, 6.07) is 8.22. The highest BCUT2D eigenvalue weighted by Gasteiger charge is 2.17. The van der Waals surface area contributed by atoms with Crippen LogP contribution in [0.4, 0.5) is 0 Å². The van der Waals surface area contributed by atoms with Crippen LogP contribution in [0, 0.1) is 0 Å². The van der Waals surface area contributed by atoms with Gasteiger partial charge < -0.3 is 9.84 Å². The van der Waals surface area contributed by atoms with Crippen molar-refractivity contribution in [2.24, 2.45) is 0 Å². The quantitative estimate of drug-likeness (QED) is 0.572. The summed E-state index contributed by atoms with van der Waals surface area (Å²) in [7, 11) is -2.16. The fraction of sp³-hybridized carbons (Fsp3) is 0.455. The van der Waals surface area contributed by atoms with Gasteiger partial charge in [0.2, 0.25) is 0 Å². The lowest BCUT2D eigenvalue weighted by atomic mass is 10.1. The second kappa shape index (κ2) is 7.45. The first-order valence-electron chi connectivity index (χ1n) is 5.50. The van der Waals surface area contributed by atoms with Gasteiger partial charge in [-0.1, -0.05) is 30.3 Å². The molecule has 1 atom stereocenters. The second-order valence-corrected chi connectivity index (χ2v) is 5.19. The SMILES string of the molecule is COCCNS(=O)(=O)NC(CO)c1ccccc1. The standard InChI is InChI=1S/C11H18N2O4S/c1-17-8-7-12-18(15,16)13-11(9-14)10-5-3-2-4-6-10/h2-6,11-14H,7-9H2,1H3. The zero-order chi connectivity index (χ0) is 13.4. The minimum absolute atomic E-state index is 0.179. The van der Waals surface area contributed by atoms with Crippen molar-refractivity contribution < 1.29 is 18.3 Å². The van der Waals surface area contributed by atoms with Crippen molar-refractivity contribution in [2.75, 3.05) is 26.9 Å². The Morgan fingerprint density at radius 3 is 2.56 bits per heavy atom. The van der Waals surface area contributed by atoms with E-state index in [0.29, 0.717) is 5.56 Å². The highest BCUT2D eigenvalue weighted by atomic mass is 32.2. The molecule has 0 fully saturated rings. The molecule has 0 radical (unpaired) electrons. The summed E-state index contributed by atoms with van der Waals surface area (Å²) < 4.78 is 32.8. The van der Waals surface area contributed by atoms with Gasteiger partial charge in [0, 0.05) is 13.7 Å². The number of rotatable bonds is 8. The fourth-order valence-corrected chi connectivity index (χ4v) is 2.42. The molecule has 1 aromatic rings. The van der Waals surface area contributed by atoms with Crippen molar-refractivity contribution in [2.45, 2.75) is 6.04 Å². The molecular weight excluding hydrogens is 256 g/mol. The van der Waals surface area contributed by atoms with E-state index in [1.165, 1.54) is 7.11 Å². The number of benzene rings is 1. The molecule has 1 rings (SSSR count). The highest BCUT2D eigenvalue weighted by molar-refractivity contribution is 7.87. The molecule has 1 unspecified atom stereocenters. The number of methoxy groups -OCH3 is 1. The van der Waals surface area contributed by atoms with E-state index in [4.69, 9.17) is 4.74 Å². The van der Waals surface area contributed by atoms with Crippen molar-refractivity contribution >= 4 is 10.2 Å². The van der Waals surface area contributed by atoms with Crippen molar-refractivity contribution in [3.05, 3.63) is 35.9 Å². The lowest BCUT2D eigenvalue weighted by molar-refractivity contribution is 0.204. The molecular formula is C11H18N2O4S. The second-order valence-electron chi connectivity index (χ2n) is 3.65. The number of ether oxygens (including phenoxy) is 1. The van der Waals surface area contributed by atoms with E-state index in [-0.39, 0.29) is 19.8 Å². The summed E-state index contributed by atoms with van der Waals surface area (Å²) in [6.07, 6.45) is 0. The largest absolute Gasteiger partial charge is 0.394 e. The summed E-state index contributed by atoms with van der Waals surface area (Å²) in [5, 5.41) is 9.23. The van der Waals surface area contributed by atoms with Crippen LogP contribution in [0.1, 0.15) is 11.6 Å². The molecule has 102 valence electrons. The van der Waals surface area contributed by atoms with Crippen LogP contribution in [0.5, 0.6) is 0 Å². The minimum Gasteiger partial charge on any atom is -0.394 e. The molecule has 0 saturated carbocycles. The summed E-state index contributed by atoms with van der Waals surface area (Å²) in [5.74, 6) is 0. The van der Waals surface area contributed by atoms with Gasteiger partial charge in [0.25, 0.3) is 10.2 Å². The van der Waals surface area contributed by atoms with Gasteiger partial charge in [0.05, 0.1) is 19.3 Å². The third-order valence-corrected chi connectivity index (χ3v) is 3.46. The molecule has 6 nitrogen and oxygen atoms in total. The molecule has 18 heavy (non-hydrogen) atoms. The zero-order valence-electron chi connectivity index (χ0n) is 10.2. The molecule has 0 bridgehead atoms. The van der Waals surface area contributed by atoms with Gasteiger partial charge in [-0.2, -0.15) is 17.9 Å². The van der Waals surface area contributed by atoms with Crippen LogP contribution in [0.15, 0.2) is 30.3 Å². The lowest BCUT2D eigenvalue weighted by Gasteiger charge is -2.17. The maximum absolute atomic E-state index is 11.7. The minimum atomic E-state index is -3.65. The Labute approximate surface area is 107 Å². The molecule has 7 heteroatoms. The number of aliphatic hydroxyl groups is 1. The van der Waals surface area contributed by atoms with Crippen LogP contribution in [-0.4, -0.2) is 40.4 Å². The molecule has 3 N–H and O–H groups in total. The summed E-state index contributed by atoms with van der Waals surface area (Å²) in [5.41, 5.74) is 0.706. The Balaban J connectivity index is 2.63. The number of aliphatic hydroxyl groups excluding tert-OH is 1.